The van der Waals surface area contributed by atoms with Gasteiger partial charge in [0.05, 0.1) is 6.10 Å². The molecule has 8 heteroatoms. The molecule has 0 aromatic heterocycles. The third kappa shape index (κ3) is 6.13. The average molecular weight is 399 g/mol. The van der Waals surface area contributed by atoms with E-state index in [4.69, 9.17) is 5.21 Å². The Morgan fingerprint density at radius 2 is 1.52 bits per heavy atom. The number of hydrogen-bond donors (Lipinski definition) is 5. The molecule has 0 aliphatic heterocycles. The van der Waals surface area contributed by atoms with E-state index in [0.29, 0.717) is 12.0 Å². The molecule has 2 atom stereocenters. The van der Waals surface area contributed by atoms with E-state index in [1.54, 1.807) is 24.3 Å². The molecule has 3 amide bonds. The number of rotatable bonds is 8. The molecule has 2 aromatic rings. The maximum absolute atomic E-state index is 12.3. The molecule has 2 rings (SSSR count). The Labute approximate surface area is 168 Å². The highest BCUT2D eigenvalue weighted by atomic mass is 16.5. The van der Waals surface area contributed by atoms with Crippen LogP contribution in [-0.4, -0.2) is 40.2 Å². The van der Waals surface area contributed by atoms with Crippen molar-refractivity contribution in [2.45, 2.75) is 38.8 Å². The van der Waals surface area contributed by atoms with Crippen molar-refractivity contribution < 1.29 is 24.7 Å². The van der Waals surface area contributed by atoms with Gasteiger partial charge in [-0.15, -0.1) is 0 Å². The summed E-state index contributed by atoms with van der Waals surface area (Å²) in [7, 11) is 0. The fourth-order valence-electron chi connectivity index (χ4n) is 2.71. The second-order valence-corrected chi connectivity index (χ2v) is 6.62. The van der Waals surface area contributed by atoms with Gasteiger partial charge in [0.1, 0.15) is 6.04 Å². The van der Waals surface area contributed by atoms with E-state index >= 15 is 0 Å². The predicted octanol–water partition coefficient (Wildman–Crippen LogP) is 2.08. The number of nitrogens with one attached hydrogen (secondary N) is 3. The van der Waals surface area contributed by atoms with E-state index in [-0.39, 0.29) is 5.91 Å². The lowest BCUT2D eigenvalue weighted by Crippen LogP contribution is -2.51. The number of benzene rings is 2. The van der Waals surface area contributed by atoms with Crippen LogP contribution in [0.5, 0.6) is 0 Å². The summed E-state index contributed by atoms with van der Waals surface area (Å²) < 4.78 is 0. The maximum atomic E-state index is 12.3. The summed E-state index contributed by atoms with van der Waals surface area (Å²) in [5, 5.41) is 23.5. The fourth-order valence-corrected chi connectivity index (χ4v) is 2.71. The molecule has 0 spiro atoms. The second kappa shape index (κ2) is 10.4. The van der Waals surface area contributed by atoms with Crippen molar-refractivity contribution in [3.8, 4) is 11.1 Å². The van der Waals surface area contributed by atoms with Crippen molar-refractivity contribution in [1.29, 1.82) is 0 Å². The minimum absolute atomic E-state index is 0.0269. The lowest BCUT2D eigenvalue weighted by Gasteiger charge is -2.19. The van der Waals surface area contributed by atoms with Crippen LogP contribution in [0, 0.1) is 0 Å². The minimum atomic E-state index is -1.28. The molecule has 0 aliphatic rings. The zero-order chi connectivity index (χ0) is 21.4. The normalized spacial score (nSPS) is 12.6. The molecule has 0 unspecified atom stereocenters. The van der Waals surface area contributed by atoms with Gasteiger partial charge >= 0.3 is 0 Å². The average Bonchev–Trinajstić information content (AvgIpc) is 2.72. The van der Waals surface area contributed by atoms with Crippen LogP contribution >= 0.6 is 0 Å². The highest BCUT2D eigenvalue weighted by Crippen LogP contribution is 2.22. The van der Waals surface area contributed by atoms with Gasteiger partial charge in [0.25, 0.3) is 11.8 Å². The molecular weight excluding hydrogens is 374 g/mol. The Morgan fingerprint density at radius 3 is 2.00 bits per heavy atom. The van der Waals surface area contributed by atoms with E-state index in [1.165, 1.54) is 12.4 Å². The highest BCUT2D eigenvalue weighted by molar-refractivity contribution is 5.98. The largest absolute Gasteiger partial charge is 0.391 e. The molecule has 8 nitrogen and oxygen atoms in total. The first-order chi connectivity index (χ1) is 13.8. The molecule has 0 saturated heterocycles. The van der Waals surface area contributed by atoms with Crippen LogP contribution in [-0.2, 0) is 9.59 Å². The number of carbonyl (C=O) groups excluding carboxylic acids is 3. The standard InChI is InChI=1S/C21H25N3O5/c1-3-4-18(26)22-17-11-9-15(10-12-17)14-5-7-16(8-6-14)20(27)23-19(13(2)25)21(28)24-29/h5-13,19,25,29H,3-4H2,1-2H3,(H,22,26)(H,23,27)(H,24,28)/t13-,19+/m1/s1. The maximum Gasteiger partial charge on any atom is 0.268 e. The Kier molecular flexibility index (Phi) is 7.88. The van der Waals surface area contributed by atoms with Gasteiger partial charge in [-0.25, -0.2) is 5.48 Å². The third-order valence-electron chi connectivity index (χ3n) is 4.29. The lowest BCUT2D eigenvalue weighted by atomic mass is 10.0. The molecule has 0 fully saturated rings. The molecule has 0 radical (unpaired) electrons. The van der Waals surface area contributed by atoms with Crippen molar-refractivity contribution in [1.82, 2.24) is 10.8 Å². The van der Waals surface area contributed by atoms with Gasteiger partial charge in [-0.2, -0.15) is 0 Å². The SMILES string of the molecule is CCCC(=O)Nc1ccc(-c2ccc(C(=O)N[C@H](C(=O)NO)[C@@H](C)O)cc2)cc1. The summed E-state index contributed by atoms with van der Waals surface area (Å²) in [5.41, 5.74) is 4.21. The van der Waals surface area contributed by atoms with Crippen molar-refractivity contribution in [3.63, 3.8) is 0 Å². The summed E-state index contributed by atoms with van der Waals surface area (Å²) in [6.45, 7) is 3.27. The molecule has 0 aliphatic carbocycles. The summed E-state index contributed by atoms with van der Waals surface area (Å²) in [6, 6.07) is 12.8. The number of carbonyl (C=O) groups is 3. The second-order valence-electron chi connectivity index (χ2n) is 6.62. The van der Waals surface area contributed by atoms with E-state index in [1.807, 2.05) is 31.2 Å². The highest BCUT2D eigenvalue weighted by Gasteiger charge is 2.25. The lowest BCUT2D eigenvalue weighted by molar-refractivity contribution is -0.133. The quantitative estimate of drug-likeness (QED) is 0.343. The molecule has 0 saturated carbocycles. The number of anilines is 1. The molecule has 0 bridgehead atoms. The van der Waals surface area contributed by atoms with Crippen molar-refractivity contribution >= 4 is 23.4 Å². The Balaban J connectivity index is 2.06. The van der Waals surface area contributed by atoms with Crippen LogP contribution in [0.3, 0.4) is 0 Å². The Morgan fingerprint density at radius 1 is 0.966 bits per heavy atom. The van der Waals surface area contributed by atoms with Gasteiger partial charge in [-0.3, -0.25) is 19.6 Å². The number of hydrogen-bond acceptors (Lipinski definition) is 5. The molecular formula is C21H25N3O5. The molecule has 29 heavy (non-hydrogen) atoms. The molecule has 5 N–H and O–H groups in total. The van der Waals surface area contributed by atoms with Crippen molar-refractivity contribution in [3.05, 3.63) is 54.1 Å². The van der Waals surface area contributed by atoms with E-state index < -0.39 is 24.0 Å². The summed E-state index contributed by atoms with van der Waals surface area (Å²) in [6.07, 6.45) is 0.0786. The predicted molar refractivity (Wildman–Crippen MR) is 108 cm³/mol. The Bertz CT molecular complexity index is 848. The van der Waals surface area contributed by atoms with Gasteiger partial charge in [-0.1, -0.05) is 31.2 Å². The fraction of sp³-hybridized carbons (Fsp3) is 0.286. The first kappa shape index (κ1) is 22.1. The first-order valence-corrected chi connectivity index (χ1v) is 9.29. The van der Waals surface area contributed by atoms with Gasteiger partial charge in [0, 0.05) is 17.7 Å². The molecule has 0 heterocycles. The number of hydroxylamine groups is 1. The van der Waals surface area contributed by atoms with E-state index in [9.17, 15) is 19.5 Å². The van der Waals surface area contributed by atoms with Crippen molar-refractivity contribution in [2.24, 2.45) is 0 Å². The van der Waals surface area contributed by atoms with Crippen LogP contribution in [0.25, 0.3) is 11.1 Å². The van der Waals surface area contributed by atoms with Gasteiger partial charge in [0.2, 0.25) is 5.91 Å². The summed E-state index contributed by atoms with van der Waals surface area (Å²) in [4.78, 5) is 35.5. The van der Waals surface area contributed by atoms with Crippen LogP contribution < -0.4 is 16.1 Å². The number of amides is 3. The Hall–Kier alpha value is -3.23. The van der Waals surface area contributed by atoms with Crippen molar-refractivity contribution in [2.75, 3.05) is 5.32 Å². The smallest absolute Gasteiger partial charge is 0.268 e. The van der Waals surface area contributed by atoms with Crippen LogP contribution in [0.4, 0.5) is 5.69 Å². The summed E-state index contributed by atoms with van der Waals surface area (Å²) in [5.74, 6) is -1.49. The van der Waals surface area contributed by atoms with E-state index in [2.05, 4.69) is 10.6 Å². The van der Waals surface area contributed by atoms with Crippen LogP contribution in [0.15, 0.2) is 48.5 Å². The third-order valence-corrected chi connectivity index (χ3v) is 4.29. The van der Waals surface area contributed by atoms with Gasteiger partial charge in [0.15, 0.2) is 0 Å². The number of aliphatic hydroxyl groups excluding tert-OH is 1. The van der Waals surface area contributed by atoms with E-state index in [0.717, 1.165) is 23.2 Å². The zero-order valence-corrected chi connectivity index (χ0v) is 16.3. The monoisotopic (exact) mass is 399 g/mol. The topological polar surface area (TPSA) is 128 Å². The molecule has 2 aromatic carbocycles. The van der Waals surface area contributed by atoms with Crippen LogP contribution in [0.1, 0.15) is 37.0 Å². The van der Waals surface area contributed by atoms with Gasteiger partial charge in [-0.05, 0) is 48.7 Å². The van der Waals surface area contributed by atoms with Gasteiger partial charge < -0.3 is 15.7 Å². The zero-order valence-electron chi connectivity index (χ0n) is 16.3. The van der Waals surface area contributed by atoms with Crippen LogP contribution in [0.2, 0.25) is 0 Å². The molecule has 154 valence electrons. The number of aliphatic hydroxyl groups is 1. The minimum Gasteiger partial charge on any atom is -0.391 e. The first-order valence-electron chi connectivity index (χ1n) is 9.29. The summed E-state index contributed by atoms with van der Waals surface area (Å²) >= 11 is 0.